The van der Waals surface area contributed by atoms with Crippen LogP contribution >= 0.6 is 46.6 Å². The van der Waals surface area contributed by atoms with Crippen molar-refractivity contribution in [3.8, 4) is 0 Å². The molecule has 0 heterocycles. The number of rotatable bonds is 6. The highest BCUT2D eigenvalue weighted by molar-refractivity contribution is 8.00. The Morgan fingerprint density at radius 1 is 1.37 bits per heavy atom. The zero-order valence-corrected chi connectivity index (χ0v) is 13.3. The largest absolute Gasteiger partial charge is 0.396 e. The van der Waals surface area contributed by atoms with E-state index in [4.69, 9.17) is 39.9 Å². The molecule has 0 radical (unpaired) electrons. The summed E-state index contributed by atoms with van der Waals surface area (Å²) in [5.41, 5.74) is 0.369. The van der Waals surface area contributed by atoms with Gasteiger partial charge < -0.3 is 10.4 Å². The third-order valence-corrected chi connectivity index (χ3v) is 4.35. The Morgan fingerprint density at radius 2 is 1.95 bits per heavy atom. The lowest BCUT2D eigenvalue weighted by atomic mass is 10.3. The average molecular weight is 343 g/mol. The van der Waals surface area contributed by atoms with Gasteiger partial charge in [-0.3, -0.25) is 4.79 Å². The van der Waals surface area contributed by atoms with Gasteiger partial charge in [0.1, 0.15) is 0 Å². The smallest absolute Gasteiger partial charge is 0.234 e. The predicted molar refractivity (Wildman–Crippen MR) is 83.7 cm³/mol. The third kappa shape index (κ3) is 5.79. The number of anilines is 1. The van der Waals surface area contributed by atoms with Crippen LogP contribution in [0, 0.1) is 0 Å². The van der Waals surface area contributed by atoms with Crippen LogP contribution in [0.5, 0.6) is 0 Å². The number of aliphatic hydroxyl groups is 1. The summed E-state index contributed by atoms with van der Waals surface area (Å²) in [5, 5.41) is 12.7. The van der Waals surface area contributed by atoms with Gasteiger partial charge in [-0.2, -0.15) is 0 Å². The lowest BCUT2D eigenvalue weighted by Crippen LogP contribution is -2.16. The molecule has 0 saturated carbocycles. The molecule has 19 heavy (non-hydrogen) atoms. The molecular formula is C12H14Cl3NO2S. The van der Waals surface area contributed by atoms with Gasteiger partial charge in [-0.05, 0) is 18.6 Å². The molecule has 0 aliphatic heterocycles. The number of benzene rings is 1. The molecule has 3 nitrogen and oxygen atoms in total. The summed E-state index contributed by atoms with van der Waals surface area (Å²) in [6.07, 6.45) is 0.653. The number of carbonyl (C=O) groups excluding carboxylic acids is 1. The first kappa shape index (κ1) is 16.9. The van der Waals surface area contributed by atoms with Crippen LogP contribution in [-0.2, 0) is 4.79 Å². The van der Waals surface area contributed by atoms with Crippen LogP contribution in [0.2, 0.25) is 15.1 Å². The van der Waals surface area contributed by atoms with Gasteiger partial charge in [0.25, 0.3) is 0 Å². The first-order valence-corrected chi connectivity index (χ1v) is 7.79. The SMILES string of the molecule is CC(CCO)SCC(=O)Nc1c(Cl)cc(Cl)cc1Cl. The molecule has 0 aliphatic carbocycles. The monoisotopic (exact) mass is 341 g/mol. The number of hydrogen-bond donors (Lipinski definition) is 2. The fourth-order valence-corrected chi connectivity index (χ4v) is 3.01. The van der Waals surface area contributed by atoms with Crippen molar-refractivity contribution in [2.45, 2.75) is 18.6 Å². The molecular weight excluding hydrogens is 329 g/mol. The third-order valence-electron chi connectivity index (χ3n) is 2.31. The number of thioether (sulfide) groups is 1. The zero-order valence-electron chi connectivity index (χ0n) is 10.3. The van der Waals surface area contributed by atoms with Gasteiger partial charge >= 0.3 is 0 Å². The molecule has 0 fully saturated rings. The van der Waals surface area contributed by atoms with Crippen LogP contribution in [-0.4, -0.2) is 28.6 Å². The van der Waals surface area contributed by atoms with Crippen LogP contribution in [0.25, 0.3) is 0 Å². The molecule has 0 aromatic heterocycles. The van der Waals surface area contributed by atoms with E-state index in [9.17, 15) is 4.79 Å². The lowest BCUT2D eigenvalue weighted by molar-refractivity contribution is -0.113. The van der Waals surface area contributed by atoms with Gasteiger partial charge in [0.05, 0.1) is 21.5 Å². The number of aliphatic hydroxyl groups excluding tert-OH is 1. The Kier molecular flexibility index (Phi) is 7.32. The summed E-state index contributed by atoms with van der Waals surface area (Å²) >= 11 is 19.2. The quantitative estimate of drug-likeness (QED) is 0.818. The van der Waals surface area contributed by atoms with E-state index in [0.717, 1.165) is 0 Å². The highest BCUT2D eigenvalue weighted by atomic mass is 35.5. The van der Waals surface area contributed by atoms with Crippen molar-refractivity contribution in [3.63, 3.8) is 0 Å². The first-order chi connectivity index (χ1) is 8.93. The molecule has 1 atom stereocenters. The van der Waals surface area contributed by atoms with Gasteiger partial charge in [-0.15, -0.1) is 11.8 Å². The lowest BCUT2D eigenvalue weighted by Gasteiger charge is -2.12. The number of hydrogen-bond acceptors (Lipinski definition) is 3. The van der Waals surface area contributed by atoms with Gasteiger partial charge in [0.2, 0.25) is 5.91 Å². The van der Waals surface area contributed by atoms with Gasteiger partial charge in [0.15, 0.2) is 0 Å². The van der Waals surface area contributed by atoms with E-state index >= 15 is 0 Å². The Labute approximate surface area is 131 Å². The summed E-state index contributed by atoms with van der Waals surface area (Å²) in [6.45, 7) is 2.07. The van der Waals surface area contributed by atoms with Crippen molar-refractivity contribution < 1.29 is 9.90 Å². The maximum absolute atomic E-state index is 11.8. The predicted octanol–water partition coefficient (Wildman–Crippen LogP) is 4.09. The molecule has 1 aromatic carbocycles. The average Bonchev–Trinajstić information content (AvgIpc) is 2.31. The van der Waals surface area contributed by atoms with E-state index in [1.807, 2.05) is 6.92 Å². The zero-order chi connectivity index (χ0) is 14.4. The first-order valence-electron chi connectivity index (χ1n) is 5.61. The van der Waals surface area contributed by atoms with Crippen LogP contribution in [0.15, 0.2) is 12.1 Å². The molecule has 0 saturated heterocycles. The van der Waals surface area contributed by atoms with Gasteiger partial charge in [-0.25, -0.2) is 0 Å². The van der Waals surface area contributed by atoms with E-state index in [0.29, 0.717) is 27.2 Å². The molecule has 0 bridgehead atoms. The minimum Gasteiger partial charge on any atom is -0.396 e. The molecule has 1 rings (SSSR count). The van der Waals surface area contributed by atoms with Crippen molar-refractivity contribution in [1.29, 1.82) is 0 Å². The maximum atomic E-state index is 11.8. The molecule has 1 aromatic rings. The van der Waals surface area contributed by atoms with Crippen LogP contribution in [0.3, 0.4) is 0 Å². The molecule has 106 valence electrons. The van der Waals surface area contributed by atoms with Crippen LogP contribution in [0.1, 0.15) is 13.3 Å². The van der Waals surface area contributed by atoms with E-state index in [2.05, 4.69) is 5.32 Å². The van der Waals surface area contributed by atoms with Crippen molar-refractivity contribution >= 4 is 58.2 Å². The van der Waals surface area contributed by atoms with Gasteiger partial charge in [-0.1, -0.05) is 41.7 Å². The Morgan fingerprint density at radius 3 is 2.47 bits per heavy atom. The van der Waals surface area contributed by atoms with Crippen LogP contribution < -0.4 is 5.32 Å². The summed E-state index contributed by atoms with van der Waals surface area (Å²) in [7, 11) is 0. The topological polar surface area (TPSA) is 49.3 Å². The number of halogens is 3. The summed E-state index contributed by atoms with van der Waals surface area (Å²) < 4.78 is 0. The molecule has 7 heteroatoms. The Balaban J connectivity index is 2.58. The maximum Gasteiger partial charge on any atom is 0.234 e. The number of carbonyl (C=O) groups is 1. The second-order valence-corrected chi connectivity index (χ2v) is 6.60. The van der Waals surface area contributed by atoms with E-state index in [-0.39, 0.29) is 23.5 Å². The fourth-order valence-electron chi connectivity index (χ4n) is 1.32. The molecule has 1 unspecified atom stereocenters. The summed E-state index contributed by atoms with van der Waals surface area (Å²) in [5.74, 6) is 0.0807. The van der Waals surface area contributed by atoms with E-state index in [1.54, 1.807) is 0 Å². The van der Waals surface area contributed by atoms with E-state index in [1.165, 1.54) is 23.9 Å². The molecule has 1 amide bonds. The molecule has 2 N–H and O–H groups in total. The standard InChI is InChI=1S/C12H14Cl3NO2S/c1-7(2-3-17)19-6-11(18)16-12-9(14)4-8(13)5-10(12)15/h4-5,7,17H,2-3,6H2,1H3,(H,16,18). The Bertz CT molecular complexity index is 434. The highest BCUT2D eigenvalue weighted by Gasteiger charge is 2.12. The summed E-state index contributed by atoms with van der Waals surface area (Å²) in [6, 6.07) is 3.04. The second kappa shape index (κ2) is 8.22. The summed E-state index contributed by atoms with van der Waals surface area (Å²) in [4.78, 5) is 11.8. The van der Waals surface area contributed by atoms with Crippen molar-refractivity contribution in [2.75, 3.05) is 17.7 Å². The van der Waals surface area contributed by atoms with Crippen LogP contribution in [0.4, 0.5) is 5.69 Å². The molecule has 0 aliphatic rings. The highest BCUT2D eigenvalue weighted by Crippen LogP contribution is 2.33. The van der Waals surface area contributed by atoms with Crippen molar-refractivity contribution in [2.24, 2.45) is 0 Å². The minimum absolute atomic E-state index is 0.116. The Hall–Kier alpha value is -0.130. The number of nitrogens with one attached hydrogen (secondary N) is 1. The van der Waals surface area contributed by atoms with Crippen molar-refractivity contribution in [3.05, 3.63) is 27.2 Å². The second-order valence-electron chi connectivity index (χ2n) is 3.93. The molecule has 0 spiro atoms. The normalized spacial score (nSPS) is 12.3. The van der Waals surface area contributed by atoms with Crippen molar-refractivity contribution in [1.82, 2.24) is 0 Å². The van der Waals surface area contributed by atoms with Gasteiger partial charge in [0, 0.05) is 16.9 Å². The fraction of sp³-hybridized carbons (Fsp3) is 0.417. The minimum atomic E-state index is -0.194. The number of amides is 1. The van der Waals surface area contributed by atoms with E-state index < -0.39 is 0 Å².